The van der Waals surface area contributed by atoms with Gasteiger partial charge in [-0.3, -0.25) is 4.79 Å². The molecule has 6 nitrogen and oxygen atoms in total. The minimum Gasteiger partial charge on any atom is -0.394 e. The Labute approximate surface area is 222 Å². The van der Waals surface area contributed by atoms with Crippen LogP contribution in [0.25, 0.3) is 0 Å². The summed E-state index contributed by atoms with van der Waals surface area (Å²) in [5, 5.41) is 37.5. The number of rotatable bonds is 8. The predicted molar refractivity (Wildman–Crippen MR) is 141 cm³/mol. The van der Waals surface area contributed by atoms with Crippen molar-refractivity contribution < 1.29 is 15.0 Å². The predicted octanol–water partition coefficient (Wildman–Crippen LogP) is 4.32. The molecule has 2 aromatic carbocycles. The van der Waals surface area contributed by atoms with E-state index in [9.17, 15) is 15.2 Å². The molecule has 2 fully saturated rings. The minimum absolute atomic E-state index is 0.218. The molecule has 4 N–H and O–H groups in total. The summed E-state index contributed by atoms with van der Waals surface area (Å²) in [6.45, 7) is -0.143. The van der Waals surface area contributed by atoms with Crippen LogP contribution in [0.4, 0.5) is 0 Å². The van der Waals surface area contributed by atoms with Crippen molar-refractivity contribution in [1.29, 1.82) is 5.26 Å². The topological polar surface area (TPSA) is 105 Å². The van der Waals surface area contributed by atoms with Gasteiger partial charge in [0, 0.05) is 28.5 Å². The van der Waals surface area contributed by atoms with Gasteiger partial charge < -0.3 is 20.8 Å². The summed E-state index contributed by atoms with van der Waals surface area (Å²) in [5.74, 6) is -0.501. The van der Waals surface area contributed by atoms with Crippen LogP contribution in [0.2, 0.25) is 10.0 Å². The molecule has 1 amide bonds. The Balaban J connectivity index is 1.81. The zero-order valence-electron chi connectivity index (χ0n) is 20.2. The van der Waals surface area contributed by atoms with Crippen molar-refractivity contribution in [3.8, 4) is 6.07 Å². The van der Waals surface area contributed by atoms with E-state index in [0.29, 0.717) is 10.0 Å². The molecule has 1 aliphatic carbocycles. The maximum Gasteiger partial charge on any atom is 0.237 e. The summed E-state index contributed by atoms with van der Waals surface area (Å²) in [5.41, 5.74) is 0.623. The molecule has 8 heteroatoms. The Hall–Kier alpha value is -2.14. The molecule has 0 spiro atoms. The number of amides is 1. The number of halogens is 2. The summed E-state index contributed by atoms with van der Waals surface area (Å²) in [6, 6.07) is 16.6. The molecule has 1 aliphatic heterocycles. The molecule has 1 saturated heterocycles. The number of aliphatic hydroxyl groups excluding tert-OH is 2. The van der Waals surface area contributed by atoms with Gasteiger partial charge in [0.2, 0.25) is 5.91 Å². The number of aliphatic hydroxyl groups is 2. The van der Waals surface area contributed by atoms with Gasteiger partial charge in [-0.15, -0.1) is 0 Å². The highest BCUT2D eigenvalue weighted by molar-refractivity contribution is 6.30. The quantitative estimate of drug-likeness (QED) is 0.407. The fourth-order valence-electron chi connectivity index (χ4n) is 6.09. The molecule has 192 valence electrons. The van der Waals surface area contributed by atoms with E-state index in [2.05, 4.69) is 16.7 Å². The van der Waals surface area contributed by atoms with Crippen molar-refractivity contribution in [2.45, 2.75) is 68.0 Å². The van der Waals surface area contributed by atoms with Crippen LogP contribution in [0.3, 0.4) is 0 Å². The SMILES string of the molecule is N#C[C@@]1(c2ccc(Cl)cc2)C(c2cccc(Cl)c2)[C@H](C(=O)NCC[C@H](O)CO)N[C@H]1C1CCCCC1. The van der Waals surface area contributed by atoms with Gasteiger partial charge >= 0.3 is 0 Å². The Kier molecular flexibility index (Phi) is 8.92. The van der Waals surface area contributed by atoms with Gasteiger partial charge in [-0.1, -0.05) is 66.7 Å². The molecule has 1 heterocycles. The Morgan fingerprint density at radius 1 is 1.14 bits per heavy atom. The molecule has 2 aromatic rings. The zero-order chi connectivity index (χ0) is 25.7. The van der Waals surface area contributed by atoms with Gasteiger partial charge in [0.05, 0.1) is 24.8 Å². The first-order valence-electron chi connectivity index (χ1n) is 12.7. The van der Waals surface area contributed by atoms with Crippen molar-refractivity contribution >= 4 is 29.1 Å². The van der Waals surface area contributed by atoms with Crippen molar-refractivity contribution in [2.75, 3.05) is 13.2 Å². The van der Waals surface area contributed by atoms with Gasteiger partial charge in [0.25, 0.3) is 0 Å². The van der Waals surface area contributed by atoms with Gasteiger partial charge in [-0.2, -0.15) is 5.26 Å². The number of nitriles is 1. The molecule has 4 rings (SSSR count). The molecular formula is C28H33Cl2N3O3. The maximum atomic E-state index is 13.6. The van der Waals surface area contributed by atoms with Crippen LogP contribution >= 0.6 is 23.2 Å². The minimum atomic E-state index is -1.02. The number of hydrogen-bond acceptors (Lipinski definition) is 5. The summed E-state index contributed by atoms with van der Waals surface area (Å²) >= 11 is 12.6. The second-order valence-electron chi connectivity index (χ2n) is 9.96. The van der Waals surface area contributed by atoms with Gasteiger partial charge in [-0.05, 0) is 60.6 Å². The summed E-state index contributed by atoms with van der Waals surface area (Å²) in [7, 11) is 0. The van der Waals surface area contributed by atoms with E-state index in [-0.39, 0.29) is 37.4 Å². The fraction of sp³-hybridized carbons (Fsp3) is 0.500. The second kappa shape index (κ2) is 11.9. The number of nitrogens with zero attached hydrogens (tertiary/aromatic N) is 1. The Morgan fingerprint density at radius 3 is 2.50 bits per heavy atom. The lowest BCUT2D eigenvalue weighted by atomic mass is 9.61. The number of hydrogen-bond donors (Lipinski definition) is 4. The van der Waals surface area contributed by atoms with Crippen molar-refractivity contribution in [3.63, 3.8) is 0 Å². The van der Waals surface area contributed by atoms with E-state index >= 15 is 0 Å². The lowest BCUT2D eigenvalue weighted by Gasteiger charge is -2.39. The lowest BCUT2D eigenvalue weighted by Crippen LogP contribution is -2.48. The average Bonchev–Trinajstić information content (AvgIpc) is 3.26. The molecule has 5 atom stereocenters. The van der Waals surface area contributed by atoms with Crippen molar-refractivity contribution in [1.82, 2.24) is 10.6 Å². The normalized spacial score (nSPS) is 27.4. The lowest BCUT2D eigenvalue weighted by molar-refractivity contribution is -0.123. The first-order chi connectivity index (χ1) is 17.4. The van der Waals surface area contributed by atoms with E-state index in [4.69, 9.17) is 28.3 Å². The van der Waals surface area contributed by atoms with Crippen LogP contribution in [-0.4, -0.2) is 47.5 Å². The highest BCUT2D eigenvalue weighted by atomic mass is 35.5. The Bertz CT molecular complexity index is 1080. The third kappa shape index (κ3) is 5.41. The van der Waals surface area contributed by atoms with E-state index in [0.717, 1.165) is 36.8 Å². The third-order valence-corrected chi connectivity index (χ3v) is 8.27. The molecule has 1 unspecified atom stereocenters. The standard InChI is InChI=1S/C28H33Cl2N3O3/c29-21-11-9-20(10-12-21)28(17-31)24(19-7-4-8-22(30)15-19)25(27(36)32-14-13-23(35)16-34)33-26(28)18-5-2-1-3-6-18/h4,7-12,15,18,23-26,33-35H,1-3,5-6,13-14,16H2,(H,32,36)/t23-,24?,25+,26-,28+/m0/s1. The number of nitrogens with one attached hydrogen (secondary N) is 2. The average molecular weight is 530 g/mol. The number of carbonyl (C=O) groups is 1. The fourth-order valence-corrected chi connectivity index (χ4v) is 6.41. The van der Waals surface area contributed by atoms with Crippen molar-refractivity contribution in [2.24, 2.45) is 5.92 Å². The van der Waals surface area contributed by atoms with Crippen LogP contribution in [0.1, 0.15) is 55.6 Å². The monoisotopic (exact) mass is 529 g/mol. The molecule has 36 heavy (non-hydrogen) atoms. The molecule has 0 radical (unpaired) electrons. The highest BCUT2D eigenvalue weighted by Crippen LogP contribution is 2.52. The van der Waals surface area contributed by atoms with Gasteiger partial charge in [0.15, 0.2) is 0 Å². The first kappa shape index (κ1) is 26.9. The number of carbonyl (C=O) groups excluding carboxylic acids is 1. The van der Waals surface area contributed by atoms with Crippen LogP contribution in [-0.2, 0) is 10.2 Å². The largest absolute Gasteiger partial charge is 0.394 e. The Morgan fingerprint density at radius 2 is 1.86 bits per heavy atom. The van der Waals surface area contributed by atoms with E-state index < -0.39 is 23.5 Å². The van der Waals surface area contributed by atoms with E-state index in [1.165, 1.54) is 6.42 Å². The van der Waals surface area contributed by atoms with Crippen LogP contribution in [0.5, 0.6) is 0 Å². The van der Waals surface area contributed by atoms with Gasteiger partial charge in [0.1, 0.15) is 5.41 Å². The zero-order valence-corrected chi connectivity index (χ0v) is 21.7. The van der Waals surface area contributed by atoms with E-state index in [1.54, 1.807) is 18.2 Å². The van der Waals surface area contributed by atoms with Gasteiger partial charge in [-0.25, -0.2) is 0 Å². The third-order valence-electron chi connectivity index (χ3n) is 7.78. The molecule has 2 aliphatic rings. The highest BCUT2D eigenvalue weighted by Gasteiger charge is 2.60. The van der Waals surface area contributed by atoms with Crippen LogP contribution in [0.15, 0.2) is 48.5 Å². The number of benzene rings is 2. The van der Waals surface area contributed by atoms with Crippen molar-refractivity contribution in [3.05, 3.63) is 69.7 Å². The van der Waals surface area contributed by atoms with Crippen LogP contribution in [0, 0.1) is 17.2 Å². The van der Waals surface area contributed by atoms with Crippen LogP contribution < -0.4 is 10.6 Å². The maximum absolute atomic E-state index is 13.6. The molecule has 1 saturated carbocycles. The second-order valence-corrected chi connectivity index (χ2v) is 10.8. The molecule has 0 aromatic heterocycles. The summed E-state index contributed by atoms with van der Waals surface area (Å²) in [6.07, 6.45) is 4.71. The summed E-state index contributed by atoms with van der Waals surface area (Å²) < 4.78 is 0. The molecule has 0 bridgehead atoms. The summed E-state index contributed by atoms with van der Waals surface area (Å²) in [4.78, 5) is 13.6. The van der Waals surface area contributed by atoms with E-state index in [1.807, 2.05) is 30.3 Å². The smallest absolute Gasteiger partial charge is 0.237 e. The molecular weight excluding hydrogens is 497 g/mol. The first-order valence-corrected chi connectivity index (χ1v) is 13.4.